The fourth-order valence-corrected chi connectivity index (χ4v) is 0.934. The molecule has 2 atom stereocenters. The van der Waals surface area contributed by atoms with Crippen LogP contribution >= 0.6 is 0 Å². The molecule has 0 aromatic rings. The first-order valence-electron chi connectivity index (χ1n) is 4.07. The summed E-state index contributed by atoms with van der Waals surface area (Å²) in [6, 6.07) is 0. The van der Waals surface area contributed by atoms with Crippen LogP contribution in [0.25, 0.3) is 0 Å². The second kappa shape index (κ2) is 5.52. The second-order valence-corrected chi connectivity index (χ2v) is 2.84. The first-order valence-corrected chi connectivity index (χ1v) is 4.07. The van der Waals surface area contributed by atoms with Gasteiger partial charge < -0.3 is 9.84 Å². The van der Waals surface area contributed by atoms with Gasteiger partial charge in [-0.25, -0.2) is 0 Å². The maximum absolute atomic E-state index is 9.04. The second-order valence-electron chi connectivity index (χ2n) is 2.84. The summed E-state index contributed by atoms with van der Waals surface area (Å²) in [6.07, 6.45) is -0.197. The van der Waals surface area contributed by atoms with Crippen molar-refractivity contribution in [3.05, 3.63) is 0 Å². The lowest BCUT2D eigenvalue weighted by molar-refractivity contribution is -0.0429. The molecule has 0 aliphatic carbocycles. The number of aliphatic hydroxyl groups is 1. The van der Waals surface area contributed by atoms with Gasteiger partial charge in [0.2, 0.25) is 0 Å². The van der Waals surface area contributed by atoms with Crippen LogP contribution in [0.1, 0.15) is 20.8 Å². The van der Waals surface area contributed by atoms with Crippen LogP contribution in [-0.4, -0.2) is 42.5 Å². The molecule has 0 radical (unpaired) electrons. The van der Waals surface area contributed by atoms with Gasteiger partial charge in [0.1, 0.15) is 6.23 Å². The van der Waals surface area contributed by atoms with E-state index in [0.29, 0.717) is 13.2 Å². The number of hydrogen-bond donors (Lipinski definition) is 1. The molecule has 0 bridgehead atoms. The average molecular weight is 161 g/mol. The van der Waals surface area contributed by atoms with Crippen molar-refractivity contribution < 1.29 is 9.84 Å². The molecule has 0 heterocycles. The monoisotopic (exact) mass is 161 g/mol. The van der Waals surface area contributed by atoms with Crippen molar-refractivity contribution in [3.8, 4) is 0 Å². The average Bonchev–Trinajstić information content (AvgIpc) is 1.86. The lowest BCUT2D eigenvalue weighted by Gasteiger charge is -2.25. The summed E-state index contributed by atoms with van der Waals surface area (Å²) in [5.41, 5.74) is 0. The minimum Gasteiger partial charge on any atom is -0.392 e. The van der Waals surface area contributed by atoms with E-state index in [1.54, 1.807) is 6.92 Å². The summed E-state index contributed by atoms with van der Waals surface area (Å²) in [4.78, 5) is 1.98. The number of hydrogen-bond acceptors (Lipinski definition) is 3. The van der Waals surface area contributed by atoms with E-state index in [1.807, 2.05) is 25.8 Å². The maximum atomic E-state index is 9.04. The summed E-state index contributed by atoms with van der Waals surface area (Å²) in [6.45, 7) is 7.08. The maximum Gasteiger partial charge on any atom is 0.107 e. The summed E-state index contributed by atoms with van der Waals surface area (Å²) in [7, 11) is 1.94. The Labute approximate surface area is 69.0 Å². The number of rotatable bonds is 5. The van der Waals surface area contributed by atoms with E-state index in [9.17, 15) is 0 Å². The highest BCUT2D eigenvalue weighted by Gasteiger charge is 2.09. The Balaban J connectivity index is 3.54. The zero-order valence-corrected chi connectivity index (χ0v) is 7.87. The van der Waals surface area contributed by atoms with Crippen LogP contribution in [0.5, 0.6) is 0 Å². The van der Waals surface area contributed by atoms with Gasteiger partial charge in [-0.1, -0.05) is 0 Å². The molecule has 68 valence electrons. The molecule has 0 spiro atoms. The van der Waals surface area contributed by atoms with E-state index in [-0.39, 0.29) is 12.3 Å². The van der Waals surface area contributed by atoms with Crippen LogP contribution in [0, 0.1) is 0 Å². The van der Waals surface area contributed by atoms with Crippen molar-refractivity contribution in [1.29, 1.82) is 0 Å². The number of likely N-dealkylation sites (N-methyl/N-ethyl adjacent to an activating group) is 1. The number of nitrogens with zero attached hydrogens (tertiary/aromatic N) is 1. The molecule has 0 saturated carbocycles. The van der Waals surface area contributed by atoms with Gasteiger partial charge in [0.25, 0.3) is 0 Å². The molecule has 0 aliphatic heterocycles. The first kappa shape index (κ1) is 10.9. The van der Waals surface area contributed by atoms with E-state index in [4.69, 9.17) is 9.84 Å². The lowest BCUT2D eigenvalue weighted by atomic mass is 10.3. The molecule has 0 aromatic heterocycles. The molecule has 0 amide bonds. The van der Waals surface area contributed by atoms with E-state index in [2.05, 4.69) is 0 Å². The predicted octanol–water partition coefficient (Wildman–Crippen LogP) is 0.681. The summed E-state index contributed by atoms with van der Waals surface area (Å²) < 4.78 is 5.32. The molecule has 0 fully saturated rings. The molecule has 0 saturated heterocycles. The van der Waals surface area contributed by atoms with Crippen LogP contribution in [0.4, 0.5) is 0 Å². The zero-order valence-electron chi connectivity index (χ0n) is 7.87. The van der Waals surface area contributed by atoms with Gasteiger partial charge in [-0.05, 0) is 27.8 Å². The fraction of sp³-hybridized carbons (Fsp3) is 1.00. The van der Waals surface area contributed by atoms with Gasteiger partial charge in [0.15, 0.2) is 0 Å². The Morgan fingerprint density at radius 1 is 1.45 bits per heavy atom. The molecule has 3 heteroatoms. The Bertz CT molecular complexity index is 96.1. The van der Waals surface area contributed by atoms with E-state index < -0.39 is 0 Å². The molecule has 2 unspecified atom stereocenters. The topological polar surface area (TPSA) is 32.7 Å². The summed E-state index contributed by atoms with van der Waals surface area (Å²) >= 11 is 0. The Morgan fingerprint density at radius 3 is 2.36 bits per heavy atom. The van der Waals surface area contributed by atoms with E-state index in [1.165, 1.54) is 0 Å². The smallest absolute Gasteiger partial charge is 0.107 e. The standard InChI is InChI=1S/C8H19NO2/c1-5-11-8(3)9(4)6-7(2)10/h7-8,10H,5-6H2,1-4H3. The molecule has 11 heavy (non-hydrogen) atoms. The van der Waals surface area contributed by atoms with Gasteiger partial charge in [0, 0.05) is 13.2 Å². The SMILES string of the molecule is CCOC(C)N(C)CC(C)O. The Kier molecular flexibility index (Phi) is 5.46. The molecule has 0 aromatic carbocycles. The van der Waals surface area contributed by atoms with Gasteiger partial charge >= 0.3 is 0 Å². The third-order valence-electron chi connectivity index (χ3n) is 1.58. The number of ether oxygens (including phenoxy) is 1. The van der Waals surface area contributed by atoms with Crippen LogP contribution < -0.4 is 0 Å². The summed E-state index contributed by atoms with van der Waals surface area (Å²) in [5, 5.41) is 9.04. The highest BCUT2D eigenvalue weighted by molar-refractivity contribution is 4.57. The minimum absolute atomic E-state index is 0.0922. The largest absolute Gasteiger partial charge is 0.392 e. The summed E-state index contributed by atoms with van der Waals surface area (Å²) in [5.74, 6) is 0. The third-order valence-corrected chi connectivity index (χ3v) is 1.58. The third kappa shape index (κ3) is 5.18. The lowest BCUT2D eigenvalue weighted by Crippen LogP contribution is -2.36. The van der Waals surface area contributed by atoms with Crippen molar-refractivity contribution in [2.45, 2.75) is 33.1 Å². The normalized spacial score (nSPS) is 16.9. The molecular weight excluding hydrogens is 142 g/mol. The fourth-order valence-electron chi connectivity index (χ4n) is 0.934. The van der Waals surface area contributed by atoms with Crippen molar-refractivity contribution in [2.75, 3.05) is 20.2 Å². The van der Waals surface area contributed by atoms with E-state index >= 15 is 0 Å². The molecule has 3 nitrogen and oxygen atoms in total. The van der Waals surface area contributed by atoms with Gasteiger partial charge in [0.05, 0.1) is 6.10 Å². The highest BCUT2D eigenvalue weighted by Crippen LogP contribution is 1.98. The van der Waals surface area contributed by atoms with Crippen LogP contribution in [0.3, 0.4) is 0 Å². The Hall–Kier alpha value is -0.120. The van der Waals surface area contributed by atoms with Crippen molar-refractivity contribution in [2.24, 2.45) is 0 Å². The van der Waals surface area contributed by atoms with Crippen molar-refractivity contribution in [3.63, 3.8) is 0 Å². The highest BCUT2D eigenvalue weighted by atomic mass is 16.5. The van der Waals surface area contributed by atoms with Crippen molar-refractivity contribution in [1.82, 2.24) is 4.90 Å². The van der Waals surface area contributed by atoms with Crippen molar-refractivity contribution >= 4 is 0 Å². The number of aliphatic hydroxyl groups excluding tert-OH is 1. The van der Waals surface area contributed by atoms with Gasteiger partial charge in [-0.3, -0.25) is 4.90 Å². The van der Waals surface area contributed by atoms with E-state index in [0.717, 1.165) is 0 Å². The van der Waals surface area contributed by atoms with Gasteiger partial charge in [-0.15, -0.1) is 0 Å². The molecule has 0 rings (SSSR count). The van der Waals surface area contributed by atoms with Crippen LogP contribution in [0.15, 0.2) is 0 Å². The molecule has 1 N–H and O–H groups in total. The van der Waals surface area contributed by atoms with Gasteiger partial charge in [-0.2, -0.15) is 0 Å². The minimum atomic E-state index is -0.289. The Morgan fingerprint density at radius 2 is 2.00 bits per heavy atom. The first-order chi connectivity index (χ1) is 5.07. The predicted molar refractivity (Wildman–Crippen MR) is 45.4 cm³/mol. The zero-order chi connectivity index (χ0) is 8.85. The molecular formula is C8H19NO2. The van der Waals surface area contributed by atoms with Crippen LogP contribution in [-0.2, 0) is 4.74 Å². The molecule has 0 aliphatic rings. The quantitative estimate of drug-likeness (QED) is 0.602. The van der Waals surface area contributed by atoms with Crippen LogP contribution in [0.2, 0.25) is 0 Å².